The number of para-hydroxylation sites is 1. The number of thiazole rings is 1. The molecule has 2 aromatic rings. The first-order valence-corrected chi connectivity index (χ1v) is 8.96. The van der Waals surface area contributed by atoms with Crippen LogP contribution in [0.4, 0.5) is 5.69 Å². The van der Waals surface area contributed by atoms with Gasteiger partial charge in [0.25, 0.3) is 5.91 Å². The number of likely N-dealkylation sites (N-methyl/N-ethyl adjacent to an activating group) is 1. The minimum atomic E-state index is -0.429. The standard InChI is InChI=1S/C18H21N3O2S/c1-12(2)16-19-14(11-24-16)17(22)20(3)15-9-10-21(18(15)23)13-7-5-4-6-8-13/h4-8,11-12,15H,9-10H2,1-3H3/t15-/m1/s1. The first kappa shape index (κ1) is 16.6. The Balaban J connectivity index is 1.74. The van der Waals surface area contributed by atoms with Crippen molar-refractivity contribution in [1.29, 1.82) is 0 Å². The molecule has 6 heteroatoms. The van der Waals surface area contributed by atoms with E-state index in [1.54, 1.807) is 17.3 Å². The summed E-state index contributed by atoms with van der Waals surface area (Å²) in [5.74, 6) is 0.0753. The van der Waals surface area contributed by atoms with Crippen molar-refractivity contribution in [2.24, 2.45) is 0 Å². The van der Waals surface area contributed by atoms with E-state index < -0.39 is 6.04 Å². The van der Waals surface area contributed by atoms with E-state index in [2.05, 4.69) is 18.8 Å². The van der Waals surface area contributed by atoms with Crippen molar-refractivity contribution in [3.63, 3.8) is 0 Å². The lowest BCUT2D eigenvalue weighted by Crippen LogP contribution is -2.43. The van der Waals surface area contributed by atoms with Gasteiger partial charge in [-0.1, -0.05) is 32.0 Å². The van der Waals surface area contributed by atoms with Crippen molar-refractivity contribution in [3.05, 3.63) is 46.4 Å². The molecule has 1 atom stereocenters. The van der Waals surface area contributed by atoms with Crippen LogP contribution < -0.4 is 4.90 Å². The number of hydrogen-bond acceptors (Lipinski definition) is 4. The first-order valence-electron chi connectivity index (χ1n) is 8.08. The lowest BCUT2D eigenvalue weighted by Gasteiger charge is -2.23. The fraction of sp³-hybridized carbons (Fsp3) is 0.389. The summed E-state index contributed by atoms with van der Waals surface area (Å²) < 4.78 is 0. The molecule has 0 aliphatic carbocycles. The Bertz CT molecular complexity index is 742. The van der Waals surface area contributed by atoms with Crippen LogP contribution in [0.15, 0.2) is 35.7 Å². The van der Waals surface area contributed by atoms with Crippen LogP contribution in [-0.2, 0) is 4.79 Å². The predicted molar refractivity (Wildman–Crippen MR) is 95.5 cm³/mol. The summed E-state index contributed by atoms with van der Waals surface area (Å²) in [6, 6.07) is 9.14. The molecule has 1 aliphatic heterocycles. The molecule has 1 aliphatic rings. The molecule has 1 aromatic carbocycles. The summed E-state index contributed by atoms with van der Waals surface area (Å²) in [5.41, 5.74) is 1.30. The molecule has 0 radical (unpaired) electrons. The number of amides is 2. The lowest BCUT2D eigenvalue weighted by molar-refractivity contribution is -0.120. The largest absolute Gasteiger partial charge is 0.328 e. The predicted octanol–water partition coefficient (Wildman–Crippen LogP) is 3.14. The fourth-order valence-corrected chi connectivity index (χ4v) is 3.67. The van der Waals surface area contributed by atoms with E-state index in [0.717, 1.165) is 10.7 Å². The second-order valence-corrected chi connectivity index (χ2v) is 7.16. The molecule has 3 rings (SSSR count). The first-order chi connectivity index (χ1) is 11.5. The zero-order valence-corrected chi connectivity index (χ0v) is 14.9. The van der Waals surface area contributed by atoms with E-state index in [4.69, 9.17) is 0 Å². The summed E-state index contributed by atoms with van der Waals surface area (Å²) in [6.45, 7) is 4.73. The highest BCUT2D eigenvalue weighted by Gasteiger charge is 2.37. The second kappa shape index (κ2) is 6.73. The maximum absolute atomic E-state index is 12.7. The van der Waals surface area contributed by atoms with Crippen molar-refractivity contribution in [2.45, 2.75) is 32.2 Å². The summed E-state index contributed by atoms with van der Waals surface area (Å²) >= 11 is 1.49. The van der Waals surface area contributed by atoms with Crippen molar-refractivity contribution < 1.29 is 9.59 Å². The molecule has 1 aromatic heterocycles. The fourth-order valence-electron chi connectivity index (χ4n) is 2.86. The van der Waals surface area contributed by atoms with E-state index in [1.165, 1.54) is 16.2 Å². The minimum Gasteiger partial charge on any atom is -0.328 e. The van der Waals surface area contributed by atoms with E-state index in [1.807, 2.05) is 30.3 Å². The molecule has 1 saturated heterocycles. The lowest BCUT2D eigenvalue weighted by atomic mass is 10.2. The van der Waals surface area contributed by atoms with E-state index in [0.29, 0.717) is 24.6 Å². The molecule has 0 bridgehead atoms. The third-order valence-electron chi connectivity index (χ3n) is 4.27. The van der Waals surface area contributed by atoms with Crippen LogP contribution in [0.3, 0.4) is 0 Å². The molecular formula is C18H21N3O2S. The summed E-state index contributed by atoms with van der Waals surface area (Å²) in [5, 5.41) is 2.72. The zero-order valence-electron chi connectivity index (χ0n) is 14.1. The molecule has 0 saturated carbocycles. The molecule has 126 valence electrons. The maximum atomic E-state index is 12.7. The highest BCUT2D eigenvalue weighted by molar-refractivity contribution is 7.09. The van der Waals surface area contributed by atoms with Crippen LogP contribution in [0.2, 0.25) is 0 Å². The number of benzene rings is 1. The van der Waals surface area contributed by atoms with Gasteiger partial charge in [0.05, 0.1) is 5.01 Å². The molecular weight excluding hydrogens is 322 g/mol. The monoisotopic (exact) mass is 343 g/mol. The van der Waals surface area contributed by atoms with Crippen LogP contribution in [-0.4, -0.2) is 41.3 Å². The topological polar surface area (TPSA) is 53.5 Å². The Morgan fingerprint density at radius 2 is 2.04 bits per heavy atom. The van der Waals surface area contributed by atoms with Crippen molar-refractivity contribution in [2.75, 3.05) is 18.5 Å². The quantitative estimate of drug-likeness (QED) is 0.857. The van der Waals surface area contributed by atoms with Gasteiger partial charge in [0.2, 0.25) is 5.91 Å². The zero-order chi connectivity index (χ0) is 17.3. The van der Waals surface area contributed by atoms with Crippen LogP contribution >= 0.6 is 11.3 Å². The number of hydrogen-bond donors (Lipinski definition) is 0. The molecule has 2 heterocycles. The van der Waals surface area contributed by atoms with E-state index >= 15 is 0 Å². The molecule has 0 N–H and O–H groups in total. The number of rotatable bonds is 4. The highest BCUT2D eigenvalue weighted by Crippen LogP contribution is 2.25. The van der Waals surface area contributed by atoms with Gasteiger partial charge in [-0.25, -0.2) is 4.98 Å². The van der Waals surface area contributed by atoms with Crippen molar-refractivity contribution >= 4 is 28.8 Å². The normalized spacial score (nSPS) is 17.6. The highest BCUT2D eigenvalue weighted by atomic mass is 32.1. The van der Waals surface area contributed by atoms with Crippen LogP contribution in [0.5, 0.6) is 0 Å². The number of carbonyl (C=O) groups excluding carboxylic acids is 2. The smallest absolute Gasteiger partial charge is 0.273 e. The van der Waals surface area contributed by atoms with Gasteiger partial charge in [0, 0.05) is 30.6 Å². The Morgan fingerprint density at radius 1 is 1.33 bits per heavy atom. The van der Waals surface area contributed by atoms with Gasteiger partial charge in [0.15, 0.2) is 0 Å². The number of nitrogens with zero attached hydrogens (tertiary/aromatic N) is 3. The van der Waals surface area contributed by atoms with Crippen LogP contribution in [0.25, 0.3) is 0 Å². The SMILES string of the molecule is CC(C)c1nc(C(=O)N(C)[C@@H]2CCN(c3ccccc3)C2=O)cs1. The Morgan fingerprint density at radius 3 is 2.67 bits per heavy atom. The van der Waals surface area contributed by atoms with Crippen molar-refractivity contribution in [1.82, 2.24) is 9.88 Å². The Hall–Kier alpha value is -2.21. The minimum absolute atomic E-state index is 0.0311. The van der Waals surface area contributed by atoms with Crippen molar-refractivity contribution in [3.8, 4) is 0 Å². The summed E-state index contributed by atoms with van der Waals surface area (Å²) in [7, 11) is 1.69. The van der Waals surface area contributed by atoms with Gasteiger partial charge in [-0.2, -0.15) is 0 Å². The van der Waals surface area contributed by atoms with Gasteiger partial charge >= 0.3 is 0 Å². The van der Waals surface area contributed by atoms with Gasteiger partial charge < -0.3 is 9.80 Å². The van der Waals surface area contributed by atoms with Gasteiger partial charge in [-0.3, -0.25) is 9.59 Å². The molecule has 0 spiro atoms. The molecule has 1 fully saturated rings. The summed E-state index contributed by atoms with van der Waals surface area (Å²) in [6.07, 6.45) is 0.636. The number of anilines is 1. The van der Waals surface area contributed by atoms with Crippen LogP contribution in [0.1, 0.15) is 41.7 Å². The molecule has 24 heavy (non-hydrogen) atoms. The van der Waals surface area contributed by atoms with Gasteiger partial charge in [-0.15, -0.1) is 11.3 Å². The third-order valence-corrected chi connectivity index (χ3v) is 5.41. The molecule has 0 unspecified atom stereocenters. The molecule has 5 nitrogen and oxygen atoms in total. The average molecular weight is 343 g/mol. The maximum Gasteiger partial charge on any atom is 0.273 e. The average Bonchev–Trinajstić information content (AvgIpc) is 3.21. The van der Waals surface area contributed by atoms with E-state index in [9.17, 15) is 9.59 Å². The summed E-state index contributed by atoms with van der Waals surface area (Å²) in [4.78, 5) is 33.1. The Kier molecular flexibility index (Phi) is 4.66. The van der Waals surface area contributed by atoms with E-state index in [-0.39, 0.29) is 11.8 Å². The molecule has 2 amide bonds. The number of aromatic nitrogens is 1. The van der Waals surface area contributed by atoms with Gasteiger partial charge in [-0.05, 0) is 18.6 Å². The second-order valence-electron chi connectivity index (χ2n) is 6.27. The number of carbonyl (C=O) groups is 2. The van der Waals surface area contributed by atoms with Gasteiger partial charge in [0.1, 0.15) is 11.7 Å². The van der Waals surface area contributed by atoms with Crippen LogP contribution in [0, 0.1) is 0 Å². The third kappa shape index (κ3) is 3.06. The Labute approximate surface area is 145 Å².